The van der Waals surface area contributed by atoms with Crippen LogP contribution in [-0.2, 0) is 0 Å². The Labute approximate surface area is 133 Å². The van der Waals surface area contributed by atoms with Crippen LogP contribution in [0.1, 0.15) is 30.1 Å². The fourth-order valence-corrected chi connectivity index (χ4v) is 2.06. The summed E-state index contributed by atoms with van der Waals surface area (Å²) in [6.45, 7) is 2.79. The van der Waals surface area contributed by atoms with Crippen LogP contribution in [0.15, 0.2) is 53.0 Å². The number of rotatable bonds is 6. The van der Waals surface area contributed by atoms with E-state index in [1.807, 2.05) is 36.4 Å². The van der Waals surface area contributed by atoms with E-state index in [2.05, 4.69) is 28.2 Å². The van der Waals surface area contributed by atoms with Crippen molar-refractivity contribution in [1.29, 1.82) is 0 Å². The molecule has 4 heteroatoms. The minimum absolute atomic E-state index is 0.140. The van der Waals surface area contributed by atoms with Crippen molar-refractivity contribution in [1.82, 2.24) is 0 Å². The van der Waals surface area contributed by atoms with E-state index in [4.69, 9.17) is 4.74 Å². The fourth-order valence-electron chi connectivity index (χ4n) is 1.80. The summed E-state index contributed by atoms with van der Waals surface area (Å²) in [5, 5.41) is 2.86. The molecule has 0 heterocycles. The number of carbonyl (C=O) groups excluding carboxylic acids is 1. The van der Waals surface area contributed by atoms with Crippen molar-refractivity contribution in [3.8, 4) is 5.75 Å². The summed E-state index contributed by atoms with van der Waals surface area (Å²) in [6, 6.07) is 14.7. The van der Waals surface area contributed by atoms with Gasteiger partial charge in [-0.1, -0.05) is 35.3 Å². The summed E-state index contributed by atoms with van der Waals surface area (Å²) in [5.41, 5.74) is 1.35. The van der Waals surface area contributed by atoms with Crippen molar-refractivity contribution < 1.29 is 9.53 Å². The van der Waals surface area contributed by atoms with Gasteiger partial charge in [-0.05, 0) is 48.9 Å². The summed E-state index contributed by atoms with van der Waals surface area (Å²) in [4.78, 5) is 12.2. The normalized spacial score (nSPS) is 10.2. The first-order valence-corrected chi connectivity index (χ1v) is 7.78. The Morgan fingerprint density at radius 3 is 2.67 bits per heavy atom. The number of hydrogen-bond donors (Lipinski definition) is 1. The maximum absolute atomic E-state index is 12.2. The summed E-state index contributed by atoms with van der Waals surface area (Å²) < 4.78 is 6.60. The number of halogens is 1. The smallest absolute Gasteiger partial charge is 0.255 e. The molecule has 0 aliphatic heterocycles. The molecule has 2 aromatic carbocycles. The Balaban J connectivity index is 2.01. The van der Waals surface area contributed by atoms with Gasteiger partial charge in [0.2, 0.25) is 0 Å². The average molecular weight is 348 g/mol. The predicted molar refractivity (Wildman–Crippen MR) is 88.9 cm³/mol. The van der Waals surface area contributed by atoms with Crippen molar-refractivity contribution in [3.63, 3.8) is 0 Å². The number of carbonyl (C=O) groups is 1. The summed E-state index contributed by atoms with van der Waals surface area (Å²) in [6.07, 6.45) is 2.10. The van der Waals surface area contributed by atoms with Gasteiger partial charge in [-0.25, -0.2) is 0 Å². The third-order valence-electron chi connectivity index (χ3n) is 2.96. The molecule has 0 atom stereocenters. The van der Waals surface area contributed by atoms with Gasteiger partial charge in [0.15, 0.2) is 0 Å². The highest BCUT2D eigenvalue weighted by molar-refractivity contribution is 9.10. The quantitative estimate of drug-likeness (QED) is 0.756. The standard InChI is InChI=1S/C17H18BrNO2/c1-2-3-11-21-16-6-4-5-13(12-16)17(20)19-15-9-7-14(18)8-10-15/h4-10,12H,2-3,11H2,1H3,(H,19,20). The van der Waals surface area contributed by atoms with E-state index < -0.39 is 0 Å². The minimum Gasteiger partial charge on any atom is -0.494 e. The van der Waals surface area contributed by atoms with E-state index in [1.54, 1.807) is 12.1 Å². The largest absolute Gasteiger partial charge is 0.494 e. The molecule has 0 aliphatic carbocycles. The molecule has 0 fully saturated rings. The highest BCUT2D eigenvalue weighted by Gasteiger charge is 2.07. The highest BCUT2D eigenvalue weighted by Crippen LogP contribution is 2.17. The number of amides is 1. The van der Waals surface area contributed by atoms with Gasteiger partial charge in [0.1, 0.15) is 5.75 Å². The Bertz CT molecular complexity index is 596. The van der Waals surface area contributed by atoms with E-state index >= 15 is 0 Å². The number of anilines is 1. The molecule has 0 saturated heterocycles. The molecule has 1 N–H and O–H groups in total. The number of hydrogen-bond acceptors (Lipinski definition) is 2. The fraction of sp³-hybridized carbons (Fsp3) is 0.235. The van der Waals surface area contributed by atoms with Gasteiger partial charge in [-0.15, -0.1) is 0 Å². The molecule has 0 aliphatic rings. The molecule has 0 bridgehead atoms. The average Bonchev–Trinajstić information content (AvgIpc) is 2.50. The third kappa shape index (κ3) is 4.90. The van der Waals surface area contributed by atoms with Crippen LogP contribution in [0.2, 0.25) is 0 Å². The van der Waals surface area contributed by atoms with Gasteiger partial charge < -0.3 is 10.1 Å². The predicted octanol–water partition coefficient (Wildman–Crippen LogP) is 4.88. The first kappa shape index (κ1) is 15.6. The molecular weight excluding hydrogens is 330 g/mol. The molecular formula is C17H18BrNO2. The monoisotopic (exact) mass is 347 g/mol. The lowest BCUT2D eigenvalue weighted by molar-refractivity contribution is 0.102. The van der Waals surface area contributed by atoms with Crippen LogP contribution in [0.4, 0.5) is 5.69 Å². The Morgan fingerprint density at radius 2 is 1.95 bits per heavy atom. The summed E-state index contributed by atoms with van der Waals surface area (Å²) >= 11 is 3.37. The van der Waals surface area contributed by atoms with Gasteiger partial charge >= 0.3 is 0 Å². The Hall–Kier alpha value is -1.81. The molecule has 0 unspecified atom stereocenters. The zero-order valence-electron chi connectivity index (χ0n) is 11.9. The lowest BCUT2D eigenvalue weighted by atomic mass is 10.2. The maximum atomic E-state index is 12.2. The SMILES string of the molecule is CCCCOc1cccc(C(=O)Nc2ccc(Br)cc2)c1. The molecule has 2 rings (SSSR count). The first-order valence-electron chi connectivity index (χ1n) is 6.99. The van der Waals surface area contributed by atoms with Gasteiger partial charge in [0.25, 0.3) is 5.91 Å². The van der Waals surface area contributed by atoms with Crippen LogP contribution in [0.5, 0.6) is 5.75 Å². The van der Waals surface area contributed by atoms with Crippen molar-refractivity contribution in [2.45, 2.75) is 19.8 Å². The second kappa shape index (κ2) is 7.84. The van der Waals surface area contributed by atoms with Gasteiger partial charge in [-0.2, -0.15) is 0 Å². The van der Waals surface area contributed by atoms with E-state index in [1.165, 1.54) is 0 Å². The van der Waals surface area contributed by atoms with Crippen molar-refractivity contribution in [2.75, 3.05) is 11.9 Å². The van der Waals surface area contributed by atoms with Crippen LogP contribution >= 0.6 is 15.9 Å². The van der Waals surface area contributed by atoms with Gasteiger partial charge in [0, 0.05) is 15.7 Å². The van der Waals surface area contributed by atoms with Crippen LogP contribution in [0, 0.1) is 0 Å². The number of benzene rings is 2. The highest BCUT2D eigenvalue weighted by atomic mass is 79.9. The third-order valence-corrected chi connectivity index (χ3v) is 3.49. The molecule has 0 spiro atoms. The molecule has 3 nitrogen and oxygen atoms in total. The van der Waals surface area contributed by atoms with E-state index in [-0.39, 0.29) is 5.91 Å². The summed E-state index contributed by atoms with van der Waals surface area (Å²) in [7, 11) is 0. The maximum Gasteiger partial charge on any atom is 0.255 e. The van der Waals surface area contributed by atoms with E-state index in [9.17, 15) is 4.79 Å². The second-order valence-corrected chi connectivity index (χ2v) is 5.61. The number of nitrogens with one attached hydrogen (secondary N) is 1. The van der Waals surface area contributed by atoms with Gasteiger partial charge in [-0.3, -0.25) is 4.79 Å². The van der Waals surface area contributed by atoms with Gasteiger partial charge in [0.05, 0.1) is 6.61 Å². The van der Waals surface area contributed by atoms with E-state index in [0.717, 1.165) is 28.8 Å². The Kier molecular flexibility index (Phi) is 5.81. The molecule has 2 aromatic rings. The minimum atomic E-state index is -0.140. The summed E-state index contributed by atoms with van der Waals surface area (Å²) in [5.74, 6) is 0.588. The lowest BCUT2D eigenvalue weighted by Gasteiger charge is -2.08. The van der Waals surface area contributed by atoms with Crippen molar-refractivity contribution >= 4 is 27.5 Å². The number of ether oxygens (including phenoxy) is 1. The van der Waals surface area contributed by atoms with Crippen molar-refractivity contribution in [3.05, 3.63) is 58.6 Å². The first-order chi connectivity index (χ1) is 10.2. The molecule has 0 aromatic heterocycles. The second-order valence-electron chi connectivity index (χ2n) is 4.69. The Morgan fingerprint density at radius 1 is 1.19 bits per heavy atom. The zero-order chi connectivity index (χ0) is 15.1. The lowest BCUT2D eigenvalue weighted by Crippen LogP contribution is -2.12. The molecule has 110 valence electrons. The van der Waals surface area contributed by atoms with Crippen LogP contribution in [-0.4, -0.2) is 12.5 Å². The zero-order valence-corrected chi connectivity index (χ0v) is 13.5. The van der Waals surface area contributed by atoms with Crippen LogP contribution < -0.4 is 10.1 Å². The van der Waals surface area contributed by atoms with Crippen molar-refractivity contribution in [2.24, 2.45) is 0 Å². The number of unbranched alkanes of at least 4 members (excludes halogenated alkanes) is 1. The van der Waals surface area contributed by atoms with E-state index in [0.29, 0.717) is 12.2 Å². The van der Waals surface area contributed by atoms with Crippen LogP contribution in [0.25, 0.3) is 0 Å². The topological polar surface area (TPSA) is 38.3 Å². The molecule has 0 radical (unpaired) electrons. The molecule has 21 heavy (non-hydrogen) atoms. The molecule has 0 saturated carbocycles. The molecule has 1 amide bonds. The van der Waals surface area contributed by atoms with Crippen LogP contribution in [0.3, 0.4) is 0 Å².